The lowest BCUT2D eigenvalue weighted by molar-refractivity contribution is -0.124. The maximum absolute atomic E-state index is 11.9. The van der Waals surface area contributed by atoms with Crippen LogP contribution in [-0.4, -0.2) is 16.9 Å². The molecule has 1 aliphatic rings. The van der Waals surface area contributed by atoms with E-state index in [-0.39, 0.29) is 17.9 Å². The smallest absolute Gasteiger partial charge is 0.222 e. The van der Waals surface area contributed by atoms with Crippen LogP contribution in [0.3, 0.4) is 0 Å². The lowest BCUT2D eigenvalue weighted by atomic mass is 9.91. The molecule has 0 aliphatic heterocycles. The zero-order valence-corrected chi connectivity index (χ0v) is 13.4. The van der Waals surface area contributed by atoms with Gasteiger partial charge < -0.3 is 10.3 Å². The Morgan fingerprint density at radius 3 is 2.95 bits per heavy atom. The maximum Gasteiger partial charge on any atom is 0.222 e. The summed E-state index contributed by atoms with van der Waals surface area (Å²) in [6.45, 7) is 3.79. The largest absolute Gasteiger partial charge is 0.357 e. The van der Waals surface area contributed by atoms with Crippen molar-refractivity contribution in [2.75, 3.05) is 0 Å². The van der Waals surface area contributed by atoms with E-state index in [9.17, 15) is 4.79 Å². The number of aryl methyl sites for hydroxylation is 1. The van der Waals surface area contributed by atoms with E-state index in [2.05, 4.69) is 16.4 Å². The van der Waals surface area contributed by atoms with Crippen molar-refractivity contribution in [3.8, 4) is 6.07 Å². The molecule has 1 aromatic carbocycles. The van der Waals surface area contributed by atoms with Crippen molar-refractivity contribution in [2.45, 2.75) is 39.2 Å². The topological polar surface area (TPSA) is 68.7 Å². The molecule has 1 amide bonds. The Labute approximate surface area is 134 Å². The molecule has 4 nitrogen and oxygen atoms in total. The fraction of sp³-hybridized carbons (Fsp3) is 0.412. The van der Waals surface area contributed by atoms with Crippen LogP contribution >= 0.6 is 11.6 Å². The number of halogens is 1. The lowest BCUT2D eigenvalue weighted by Gasteiger charge is -2.24. The summed E-state index contributed by atoms with van der Waals surface area (Å²) in [6.07, 6.45) is 2.57. The van der Waals surface area contributed by atoms with E-state index in [0.717, 1.165) is 30.2 Å². The van der Waals surface area contributed by atoms with Gasteiger partial charge in [-0.05, 0) is 37.0 Å². The average molecular weight is 316 g/mol. The number of carbonyl (C=O) groups is 1. The van der Waals surface area contributed by atoms with Crippen LogP contribution in [0.1, 0.15) is 37.1 Å². The van der Waals surface area contributed by atoms with Gasteiger partial charge in [-0.3, -0.25) is 4.79 Å². The number of hydrogen-bond donors (Lipinski definition) is 2. The van der Waals surface area contributed by atoms with Crippen LogP contribution in [0.5, 0.6) is 0 Å². The van der Waals surface area contributed by atoms with Gasteiger partial charge in [-0.15, -0.1) is 0 Å². The SMILES string of the molecule is CC(C)C(=O)NC1CCc2[nH]c3c(Cl)cc(C#N)cc3c2C1. The van der Waals surface area contributed by atoms with E-state index < -0.39 is 0 Å². The van der Waals surface area contributed by atoms with Crippen molar-refractivity contribution in [1.82, 2.24) is 10.3 Å². The first-order chi connectivity index (χ1) is 10.5. The Kier molecular flexibility index (Phi) is 3.84. The third-order valence-electron chi connectivity index (χ3n) is 4.25. The third kappa shape index (κ3) is 2.57. The highest BCUT2D eigenvalue weighted by molar-refractivity contribution is 6.35. The molecule has 3 rings (SSSR count). The fourth-order valence-corrected chi connectivity index (χ4v) is 3.30. The minimum absolute atomic E-state index is 0.0102. The number of nitrogens with zero attached hydrogens (tertiary/aromatic N) is 1. The Morgan fingerprint density at radius 2 is 2.27 bits per heavy atom. The zero-order chi connectivity index (χ0) is 15.9. The van der Waals surface area contributed by atoms with Gasteiger partial charge >= 0.3 is 0 Å². The number of rotatable bonds is 2. The van der Waals surface area contributed by atoms with Crippen molar-refractivity contribution < 1.29 is 4.79 Å². The maximum atomic E-state index is 11.9. The van der Waals surface area contributed by atoms with Gasteiger partial charge in [0.15, 0.2) is 0 Å². The summed E-state index contributed by atoms with van der Waals surface area (Å²) in [4.78, 5) is 15.3. The number of fused-ring (bicyclic) bond motifs is 3. The third-order valence-corrected chi connectivity index (χ3v) is 4.55. The predicted molar refractivity (Wildman–Crippen MR) is 86.8 cm³/mol. The molecule has 1 unspecified atom stereocenters. The van der Waals surface area contributed by atoms with Crippen molar-refractivity contribution in [1.29, 1.82) is 5.26 Å². The second-order valence-corrected chi connectivity index (χ2v) is 6.58. The summed E-state index contributed by atoms with van der Waals surface area (Å²) in [5.41, 5.74) is 3.80. The molecule has 1 atom stereocenters. The summed E-state index contributed by atoms with van der Waals surface area (Å²) in [5.74, 6) is 0.0769. The molecule has 114 valence electrons. The van der Waals surface area contributed by atoms with Crippen LogP contribution in [0.2, 0.25) is 5.02 Å². The standard InChI is InChI=1S/C17H18ClN3O/c1-9(2)17(22)20-11-3-4-15-12(7-11)13-5-10(8-19)6-14(18)16(13)21-15/h5-6,9,11,21H,3-4,7H2,1-2H3,(H,20,22). The van der Waals surface area contributed by atoms with Crippen LogP contribution < -0.4 is 5.32 Å². The van der Waals surface area contributed by atoms with Crippen molar-refractivity contribution in [3.05, 3.63) is 34.0 Å². The summed E-state index contributed by atoms with van der Waals surface area (Å²) >= 11 is 6.27. The Bertz CT molecular complexity index is 785. The molecular formula is C17H18ClN3O. The average Bonchev–Trinajstić information content (AvgIpc) is 2.86. The van der Waals surface area contributed by atoms with Gasteiger partial charge in [-0.1, -0.05) is 25.4 Å². The first kappa shape index (κ1) is 14.9. The highest BCUT2D eigenvalue weighted by Crippen LogP contribution is 2.33. The lowest BCUT2D eigenvalue weighted by Crippen LogP contribution is -2.40. The minimum atomic E-state index is -0.0102. The Balaban J connectivity index is 1.96. The van der Waals surface area contributed by atoms with Crippen molar-refractivity contribution in [3.63, 3.8) is 0 Å². The number of aromatic amines is 1. The molecule has 2 N–H and O–H groups in total. The molecule has 0 saturated carbocycles. The Morgan fingerprint density at radius 1 is 1.50 bits per heavy atom. The molecular weight excluding hydrogens is 298 g/mol. The van der Waals surface area contributed by atoms with Crippen LogP contribution in [0.25, 0.3) is 10.9 Å². The molecule has 1 heterocycles. The summed E-state index contributed by atoms with van der Waals surface area (Å²) < 4.78 is 0. The van der Waals surface area contributed by atoms with Crippen LogP contribution in [0, 0.1) is 17.2 Å². The number of amides is 1. The molecule has 5 heteroatoms. The van der Waals surface area contributed by atoms with Gasteiger partial charge in [-0.25, -0.2) is 0 Å². The summed E-state index contributed by atoms with van der Waals surface area (Å²) in [5, 5.41) is 13.8. The first-order valence-electron chi connectivity index (χ1n) is 7.53. The van der Waals surface area contributed by atoms with Gasteiger partial charge in [-0.2, -0.15) is 5.26 Å². The van der Waals surface area contributed by atoms with Gasteiger partial charge in [0, 0.05) is 23.0 Å². The molecule has 22 heavy (non-hydrogen) atoms. The predicted octanol–water partition coefficient (Wildman–Crippen LogP) is 3.32. The number of aromatic nitrogens is 1. The quantitative estimate of drug-likeness (QED) is 0.892. The van der Waals surface area contributed by atoms with Crippen molar-refractivity contribution >= 4 is 28.4 Å². The van der Waals surface area contributed by atoms with Crippen molar-refractivity contribution in [2.24, 2.45) is 5.92 Å². The zero-order valence-electron chi connectivity index (χ0n) is 12.7. The number of nitriles is 1. The molecule has 2 aromatic rings. The minimum Gasteiger partial charge on any atom is -0.357 e. The Hall–Kier alpha value is -1.99. The second kappa shape index (κ2) is 5.66. The first-order valence-corrected chi connectivity index (χ1v) is 7.91. The van der Waals surface area contributed by atoms with E-state index >= 15 is 0 Å². The number of hydrogen-bond acceptors (Lipinski definition) is 2. The number of nitrogens with one attached hydrogen (secondary N) is 2. The van der Waals surface area contributed by atoms with Gasteiger partial charge in [0.05, 0.1) is 22.2 Å². The molecule has 1 aliphatic carbocycles. The van der Waals surface area contributed by atoms with E-state index in [4.69, 9.17) is 16.9 Å². The van der Waals surface area contributed by atoms with E-state index in [1.165, 1.54) is 11.3 Å². The van der Waals surface area contributed by atoms with E-state index in [1.807, 2.05) is 19.9 Å². The van der Waals surface area contributed by atoms with E-state index in [1.54, 1.807) is 6.07 Å². The van der Waals surface area contributed by atoms with E-state index in [0.29, 0.717) is 10.6 Å². The molecule has 0 bridgehead atoms. The van der Waals surface area contributed by atoms with Gasteiger partial charge in [0.1, 0.15) is 0 Å². The summed E-state index contributed by atoms with van der Waals surface area (Å²) in [7, 11) is 0. The van der Waals surface area contributed by atoms with Gasteiger partial charge in [0.2, 0.25) is 5.91 Å². The highest BCUT2D eigenvalue weighted by Gasteiger charge is 2.25. The van der Waals surface area contributed by atoms with Crippen LogP contribution in [-0.2, 0) is 17.6 Å². The summed E-state index contributed by atoms with van der Waals surface area (Å²) in [6, 6.07) is 5.85. The number of benzene rings is 1. The molecule has 0 saturated heterocycles. The number of H-pyrrole nitrogens is 1. The molecule has 1 aromatic heterocycles. The van der Waals surface area contributed by atoms with Crippen LogP contribution in [0.15, 0.2) is 12.1 Å². The van der Waals surface area contributed by atoms with Crippen LogP contribution in [0.4, 0.5) is 0 Å². The highest BCUT2D eigenvalue weighted by atomic mass is 35.5. The molecule has 0 radical (unpaired) electrons. The monoisotopic (exact) mass is 315 g/mol. The fourth-order valence-electron chi connectivity index (χ4n) is 3.03. The molecule has 0 spiro atoms. The molecule has 0 fully saturated rings. The number of carbonyl (C=O) groups excluding carboxylic acids is 1. The normalized spacial score (nSPS) is 17.3. The second-order valence-electron chi connectivity index (χ2n) is 6.18. The van der Waals surface area contributed by atoms with Gasteiger partial charge in [0.25, 0.3) is 0 Å².